The van der Waals surface area contributed by atoms with E-state index in [1.807, 2.05) is 46.1 Å². The van der Waals surface area contributed by atoms with Crippen LogP contribution in [0.5, 0.6) is 0 Å². The second-order valence-corrected chi connectivity index (χ2v) is 6.49. The molecule has 3 heterocycles. The highest BCUT2D eigenvalue weighted by Gasteiger charge is 2.46. The predicted octanol–water partition coefficient (Wildman–Crippen LogP) is 1.78. The van der Waals surface area contributed by atoms with Crippen molar-refractivity contribution < 1.29 is 9.90 Å². The molecule has 0 radical (unpaired) electrons. The van der Waals surface area contributed by atoms with Gasteiger partial charge in [-0.3, -0.25) is 4.68 Å². The van der Waals surface area contributed by atoms with Gasteiger partial charge in [-0.25, -0.2) is 4.79 Å². The summed E-state index contributed by atoms with van der Waals surface area (Å²) in [6.45, 7) is 1.98. The predicted molar refractivity (Wildman–Crippen MR) is 86.0 cm³/mol. The molecular formula is C17H20N4O2. The lowest BCUT2D eigenvalue weighted by Crippen LogP contribution is -2.60. The minimum atomic E-state index is -0.212. The van der Waals surface area contributed by atoms with Gasteiger partial charge in [0.15, 0.2) is 0 Å². The summed E-state index contributed by atoms with van der Waals surface area (Å²) in [6, 6.07) is 9.63. The third-order valence-corrected chi connectivity index (χ3v) is 4.85. The fraction of sp³-hybridized carbons (Fsp3) is 0.412. The van der Waals surface area contributed by atoms with Gasteiger partial charge in [-0.2, -0.15) is 5.10 Å². The lowest BCUT2D eigenvalue weighted by Gasteiger charge is -2.50. The molecule has 6 nitrogen and oxygen atoms in total. The normalized spacial score (nSPS) is 25.8. The Morgan fingerprint density at radius 3 is 2.83 bits per heavy atom. The molecule has 1 aromatic carbocycles. The molecule has 3 fully saturated rings. The van der Waals surface area contributed by atoms with Gasteiger partial charge in [0.1, 0.15) is 0 Å². The van der Waals surface area contributed by atoms with Crippen molar-refractivity contribution in [2.45, 2.75) is 19.1 Å². The Morgan fingerprint density at radius 1 is 1.30 bits per heavy atom. The van der Waals surface area contributed by atoms with Crippen LogP contribution in [-0.4, -0.2) is 45.0 Å². The average Bonchev–Trinajstić information content (AvgIpc) is 3.07. The molecular weight excluding hydrogens is 292 g/mol. The molecule has 2 saturated heterocycles. The number of hydrogen-bond acceptors (Lipinski definition) is 3. The lowest BCUT2D eigenvalue weighted by molar-refractivity contribution is -0.0937. The van der Waals surface area contributed by atoms with E-state index in [2.05, 4.69) is 10.4 Å². The highest BCUT2D eigenvalue weighted by molar-refractivity contribution is 5.89. The van der Waals surface area contributed by atoms with Crippen molar-refractivity contribution in [3.8, 4) is 0 Å². The van der Waals surface area contributed by atoms with Crippen LogP contribution in [0.3, 0.4) is 0 Å². The molecule has 2 unspecified atom stereocenters. The number of hydrogen-bond donors (Lipinski definition) is 2. The lowest BCUT2D eigenvalue weighted by atomic mass is 9.68. The fourth-order valence-electron chi connectivity index (χ4n) is 3.56. The summed E-state index contributed by atoms with van der Waals surface area (Å²) in [5.41, 5.74) is 1.88. The quantitative estimate of drug-likeness (QED) is 0.907. The van der Waals surface area contributed by atoms with Crippen molar-refractivity contribution in [1.29, 1.82) is 0 Å². The minimum absolute atomic E-state index is 0.0807. The molecule has 0 spiro atoms. The summed E-state index contributed by atoms with van der Waals surface area (Å²) in [4.78, 5) is 14.2. The molecule has 1 saturated carbocycles. The third kappa shape index (κ3) is 2.82. The largest absolute Gasteiger partial charge is 0.392 e. The molecule has 2 aromatic rings. The molecule has 5 rings (SSSR count). The summed E-state index contributed by atoms with van der Waals surface area (Å²) in [7, 11) is 0. The van der Waals surface area contributed by atoms with E-state index in [-0.39, 0.29) is 24.0 Å². The summed E-state index contributed by atoms with van der Waals surface area (Å²) in [6.07, 6.45) is 4.50. The molecule has 2 N–H and O–H groups in total. The Balaban J connectivity index is 1.39. The molecule has 6 heteroatoms. The SMILES string of the molecule is O=C(Nc1cccc(Cn2cccn2)c1)N1CC2CC(C1)C2O. The van der Waals surface area contributed by atoms with Gasteiger partial charge in [-0.1, -0.05) is 12.1 Å². The number of aliphatic hydroxyl groups excluding tert-OH is 1. The first-order valence-corrected chi connectivity index (χ1v) is 7.99. The van der Waals surface area contributed by atoms with Crippen LogP contribution in [0.4, 0.5) is 10.5 Å². The molecule has 120 valence electrons. The van der Waals surface area contributed by atoms with Crippen LogP contribution in [0, 0.1) is 11.8 Å². The maximum absolute atomic E-state index is 12.4. The number of fused-ring (bicyclic) bond motifs is 2. The molecule has 2 atom stereocenters. The second-order valence-electron chi connectivity index (χ2n) is 6.49. The van der Waals surface area contributed by atoms with Crippen molar-refractivity contribution >= 4 is 11.7 Å². The van der Waals surface area contributed by atoms with Gasteiger partial charge >= 0.3 is 6.03 Å². The van der Waals surface area contributed by atoms with Crippen LogP contribution < -0.4 is 5.32 Å². The van der Waals surface area contributed by atoms with Crippen molar-refractivity contribution in [2.75, 3.05) is 18.4 Å². The maximum atomic E-state index is 12.4. The standard InChI is InChI=1S/C17H20N4O2/c22-16-13-8-14(16)11-20(10-13)17(23)19-15-4-1-3-12(7-15)9-21-6-2-5-18-21/h1-7,13-14,16,22H,8-11H2,(H,19,23). The highest BCUT2D eigenvalue weighted by atomic mass is 16.3. The van der Waals surface area contributed by atoms with E-state index < -0.39 is 0 Å². The molecule has 2 amide bonds. The van der Waals surface area contributed by atoms with E-state index in [4.69, 9.17) is 0 Å². The Morgan fingerprint density at radius 2 is 2.13 bits per heavy atom. The first kappa shape index (κ1) is 14.3. The van der Waals surface area contributed by atoms with Crippen molar-refractivity contribution in [3.63, 3.8) is 0 Å². The number of rotatable bonds is 3. The van der Waals surface area contributed by atoms with E-state index in [0.29, 0.717) is 19.6 Å². The summed E-state index contributed by atoms with van der Waals surface area (Å²) in [5.74, 6) is 0.510. The number of anilines is 1. The van der Waals surface area contributed by atoms with Crippen molar-refractivity contribution in [3.05, 3.63) is 48.3 Å². The van der Waals surface area contributed by atoms with E-state index in [0.717, 1.165) is 17.7 Å². The summed E-state index contributed by atoms with van der Waals surface area (Å²) in [5, 5.41) is 17.0. The molecule has 2 aliphatic heterocycles. The van der Waals surface area contributed by atoms with E-state index in [1.54, 1.807) is 6.20 Å². The van der Waals surface area contributed by atoms with E-state index in [9.17, 15) is 9.90 Å². The Hall–Kier alpha value is -2.34. The smallest absolute Gasteiger partial charge is 0.321 e. The van der Waals surface area contributed by atoms with Crippen molar-refractivity contribution in [1.82, 2.24) is 14.7 Å². The zero-order chi connectivity index (χ0) is 15.8. The van der Waals surface area contributed by atoms with Gasteiger partial charge in [0.25, 0.3) is 0 Å². The fourth-order valence-corrected chi connectivity index (χ4v) is 3.56. The number of benzene rings is 1. The van der Waals surface area contributed by atoms with Crippen LogP contribution in [-0.2, 0) is 6.54 Å². The number of aliphatic hydroxyl groups is 1. The number of carbonyl (C=O) groups is 1. The van der Waals surface area contributed by atoms with E-state index >= 15 is 0 Å². The first-order valence-electron chi connectivity index (χ1n) is 7.99. The molecule has 3 aliphatic rings. The van der Waals surface area contributed by atoms with Gasteiger partial charge in [-0.05, 0) is 30.2 Å². The maximum Gasteiger partial charge on any atom is 0.321 e. The van der Waals surface area contributed by atoms with Gasteiger partial charge in [0.2, 0.25) is 0 Å². The Labute approximate surface area is 134 Å². The third-order valence-electron chi connectivity index (χ3n) is 4.85. The zero-order valence-corrected chi connectivity index (χ0v) is 12.8. The van der Waals surface area contributed by atoms with Crippen LogP contribution in [0.25, 0.3) is 0 Å². The van der Waals surface area contributed by atoms with Crippen LogP contribution in [0.15, 0.2) is 42.7 Å². The number of urea groups is 1. The highest BCUT2D eigenvalue weighted by Crippen LogP contribution is 2.39. The number of carbonyl (C=O) groups excluding carboxylic acids is 1. The van der Waals surface area contributed by atoms with Crippen LogP contribution >= 0.6 is 0 Å². The summed E-state index contributed by atoms with van der Waals surface area (Å²) >= 11 is 0. The molecule has 2 bridgehead atoms. The first-order chi connectivity index (χ1) is 11.2. The van der Waals surface area contributed by atoms with Gasteiger partial charge in [-0.15, -0.1) is 0 Å². The van der Waals surface area contributed by atoms with E-state index in [1.165, 1.54) is 0 Å². The number of nitrogens with zero attached hydrogens (tertiary/aromatic N) is 3. The molecule has 23 heavy (non-hydrogen) atoms. The van der Waals surface area contributed by atoms with Crippen LogP contribution in [0.1, 0.15) is 12.0 Å². The van der Waals surface area contributed by atoms with Crippen molar-refractivity contribution in [2.24, 2.45) is 11.8 Å². The number of amides is 2. The van der Waals surface area contributed by atoms with Crippen LogP contribution in [0.2, 0.25) is 0 Å². The number of nitrogens with one attached hydrogen (secondary N) is 1. The van der Waals surface area contributed by atoms with Gasteiger partial charge < -0.3 is 15.3 Å². The summed E-state index contributed by atoms with van der Waals surface area (Å²) < 4.78 is 1.85. The molecule has 1 aliphatic carbocycles. The Kier molecular flexibility index (Phi) is 3.53. The van der Waals surface area contributed by atoms with Gasteiger partial charge in [0.05, 0.1) is 12.6 Å². The topological polar surface area (TPSA) is 70.4 Å². The zero-order valence-electron chi connectivity index (χ0n) is 12.8. The van der Waals surface area contributed by atoms with Gasteiger partial charge in [0, 0.05) is 43.0 Å². The monoisotopic (exact) mass is 312 g/mol. The number of piperidine rings is 2. The number of aromatic nitrogens is 2. The second kappa shape index (κ2) is 5.70. The molecule has 1 aromatic heterocycles. The Bertz CT molecular complexity index is 688. The average molecular weight is 312 g/mol. The minimum Gasteiger partial charge on any atom is -0.392 e.